The molecular formula is C12H19O3PS. The molecule has 96 valence electrons. The summed E-state index contributed by atoms with van der Waals surface area (Å²) in [5, 5.41) is 0. The van der Waals surface area contributed by atoms with Crippen LogP contribution in [-0.2, 0) is 20.9 Å². The van der Waals surface area contributed by atoms with E-state index in [1.54, 1.807) is 0 Å². The molecule has 0 spiro atoms. The lowest BCUT2D eigenvalue weighted by molar-refractivity contribution is 0.272. The molecule has 0 unspecified atom stereocenters. The molecule has 0 aliphatic heterocycles. The Morgan fingerprint density at radius 1 is 1.18 bits per heavy atom. The minimum Gasteiger partial charge on any atom is -0.424 e. The van der Waals surface area contributed by atoms with Crippen molar-refractivity contribution >= 4 is 18.5 Å². The third kappa shape index (κ3) is 3.78. The van der Waals surface area contributed by atoms with Crippen LogP contribution in [0.5, 0.6) is 5.75 Å². The van der Waals surface area contributed by atoms with Crippen molar-refractivity contribution in [1.29, 1.82) is 0 Å². The van der Waals surface area contributed by atoms with Crippen LogP contribution in [0.25, 0.3) is 0 Å². The van der Waals surface area contributed by atoms with Crippen LogP contribution in [0.2, 0.25) is 0 Å². The molecule has 0 aromatic heterocycles. The van der Waals surface area contributed by atoms with E-state index in [0.717, 1.165) is 16.9 Å². The van der Waals surface area contributed by atoms with Gasteiger partial charge in [-0.15, -0.1) is 0 Å². The standard InChI is InChI=1S/C12H19O3PS/c1-9(2)11-7-6-10(3)8-12(11)15-16(17,13-4)14-5/h6-9H,1-5H3. The molecule has 0 bridgehead atoms. The van der Waals surface area contributed by atoms with Gasteiger partial charge >= 0.3 is 6.72 Å². The summed E-state index contributed by atoms with van der Waals surface area (Å²) >= 11 is 5.22. The van der Waals surface area contributed by atoms with Crippen molar-refractivity contribution in [2.75, 3.05) is 14.2 Å². The summed E-state index contributed by atoms with van der Waals surface area (Å²) in [5.41, 5.74) is 2.23. The Kier molecular flexibility index (Phi) is 5.14. The Morgan fingerprint density at radius 2 is 1.76 bits per heavy atom. The normalized spacial score (nSPS) is 11.9. The van der Waals surface area contributed by atoms with Gasteiger partial charge in [0, 0.05) is 26.0 Å². The summed E-state index contributed by atoms with van der Waals surface area (Å²) in [5.74, 6) is 1.12. The van der Waals surface area contributed by atoms with E-state index in [1.165, 1.54) is 14.2 Å². The molecule has 0 aliphatic carbocycles. The topological polar surface area (TPSA) is 27.7 Å². The number of benzene rings is 1. The second-order valence-electron chi connectivity index (χ2n) is 4.10. The van der Waals surface area contributed by atoms with E-state index in [9.17, 15) is 0 Å². The van der Waals surface area contributed by atoms with Gasteiger partial charge in [-0.3, -0.25) is 0 Å². The zero-order valence-corrected chi connectivity index (χ0v) is 12.6. The molecule has 0 N–H and O–H groups in total. The van der Waals surface area contributed by atoms with Gasteiger partial charge in [0.25, 0.3) is 0 Å². The molecule has 5 heteroatoms. The smallest absolute Gasteiger partial charge is 0.380 e. The maximum absolute atomic E-state index is 5.76. The van der Waals surface area contributed by atoms with Gasteiger partial charge in [-0.25, -0.2) is 0 Å². The maximum Gasteiger partial charge on any atom is 0.380 e. The molecule has 0 heterocycles. The van der Waals surface area contributed by atoms with E-state index in [0.29, 0.717) is 5.92 Å². The second-order valence-corrected chi connectivity index (χ2v) is 7.25. The van der Waals surface area contributed by atoms with Crippen molar-refractivity contribution in [3.63, 3.8) is 0 Å². The molecular weight excluding hydrogens is 255 g/mol. The van der Waals surface area contributed by atoms with Crippen LogP contribution in [0, 0.1) is 6.92 Å². The molecule has 0 fully saturated rings. The lowest BCUT2D eigenvalue weighted by Crippen LogP contribution is -2.01. The summed E-state index contributed by atoms with van der Waals surface area (Å²) in [6.07, 6.45) is 0. The summed E-state index contributed by atoms with van der Waals surface area (Å²) < 4.78 is 16.0. The first-order valence-corrected chi connectivity index (χ1v) is 7.99. The fourth-order valence-electron chi connectivity index (χ4n) is 1.47. The van der Waals surface area contributed by atoms with E-state index in [2.05, 4.69) is 26.0 Å². The van der Waals surface area contributed by atoms with Gasteiger partial charge in [0.05, 0.1) is 0 Å². The lowest BCUT2D eigenvalue weighted by atomic mass is 10.0. The Hall–Kier alpha value is -0.410. The van der Waals surface area contributed by atoms with E-state index in [-0.39, 0.29) is 0 Å². The summed E-state index contributed by atoms with van der Waals surface area (Å²) in [6.45, 7) is 3.58. The Balaban J connectivity index is 3.12. The third-order valence-electron chi connectivity index (χ3n) is 2.45. The highest BCUT2D eigenvalue weighted by Crippen LogP contribution is 2.49. The van der Waals surface area contributed by atoms with Crippen molar-refractivity contribution in [3.8, 4) is 5.75 Å². The van der Waals surface area contributed by atoms with Crippen LogP contribution in [0.15, 0.2) is 18.2 Å². The van der Waals surface area contributed by atoms with Gasteiger partial charge < -0.3 is 13.6 Å². The summed E-state index contributed by atoms with van der Waals surface area (Å²) in [6, 6.07) is 6.08. The van der Waals surface area contributed by atoms with E-state index in [1.807, 2.05) is 13.0 Å². The molecule has 0 saturated heterocycles. The average molecular weight is 274 g/mol. The lowest BCUT2D eigenvalue weighted by Gasteiger charge is -2.21. The number of hydrogen-bond acceptors (Lipinski definition) is 4. The average Bonchev–Trinajstić information content (AvgIpc) is 2.28. The predicted octanol–water partition coefficient (Wildman–Crippen LogP) is 4.01. The molecule has 3 nitrogen and oxygen atoms in total. The van der Waals surface area contributed by atoms with Crippen molar-refractivity contribution in [1.82, 2.24) is 0 Å². The highest BCUT2D eigenvalue weighted by atomic mass is 32.5. The molecule has 0 amide bonds. The van der Waals surface area contributed by atoms with Gasteiger partial charge in [-0.05, 0) is 30.0 Å². The third-order valence-corrected chi connectivity index (χ3v) is 4.88. The number of aryl methyl sites for hydroxylation is 1. The quantitative estimate of drug-likeness (QED) is 0.758. The van der Waals surface area contributed by atoms with Crippen molar-refractivity contribution < 1.29 is 13.6 Å². The fourth-order valence-corrected chi connectivity index (χ4v) is 2.41. The Labute approximate surface area is 108 Å². The molecule has 1 aromatic carbocycles. The molecule has 1 rings (SSSR count). The van der Waals surface area contributed by atoms with Crippen molar-refractivity contribution in [3.05, 3.63) is 29.3 Å². The van der Waals surface area contributed by atoms with Gasteiger partial charge in [-0.1, -0.05) is 26.0 Å². The molecule has 0 saturated carbocycles. The maximum atomic E-state index is 5.76. The predicted molar refractivity (Wildman–Crippen MR) is 74.2 cm³/mol. The summed E-state index contributed by atoms with van der Waals surface area (Å²) in [4.78, 5) is 0. The minimum atomic E-state index is -2.66. The van der Waals surface area contributed by atoms with Crippen molar-refractivity contribution in [2.24, 2.45) is 0 Å². The van der Waals surface area contributed by atoms with Gasteiger partial charge in [-0.2, -0.15) is 0 Å². The van der Waals surface area contributed by atoms with Crippen LogP contribution in [0.4, 0.5) is 0 Å². The van der Waals surface area contributed by atoms with Crippen LogP contribution < -0.4 is 4.52 Å². The number of hydrogen-bond donors (Lipinski definition) is 0. The van der Waals surface area contributed by atoms with Gasteiger partial charge in [0.1, 0.15) is 5.75 Å². The Morgan fingerprint density at radius 3 is 2.24 bits per heavy atom. The largest absolute Gasteiger partial charge is 0.424 e. The highest BCUT2D eigenvalue weighted by Gasteiger charge is 2.21. The van der Waals surface area contributed by atoms with Crippen LogP contribution in [0.1, 0.15) is 30.9 Å². The summed E-state index contributed by atoms with van der Waals surface area (Å²) in [7, 11) is 3.02. The SMILES string of the molecule is COP(=S)(OC)Oc1cc(C)ccc1C(C)C. The monoisotopic (exact) mass is 274 g/mol. The van der Waals surface area contributed by atoms with E-state index < -0.39 is 6.72 Å². The van der Waals surface area contributed by atoms with E-state index in [4.69, 9.17) is 25.4 Å². The molecule has 0 atom stereocenters. The molecule has 17 heavy (non-hydrogen) atoms. The first kappa shape index (κ1) is 14.7. The zero-order valence-electron chi connectivity index (χ0n) is 10.9. The number of rotatable bonds is 5. The molecule has 0 aliphatic rings. The first-order valence-electron chi connectivity index (χ1n) is 5.43. The van der Waals surface area contributed by atoms with Crippen LogP contribution in [-0.4, -0.2) is 14.2 Å². The molecule has 0 radical (unpaired) electrons. The van der Waals surface area contributed by atoms with Crippen molar-refractivity contribution in [2.45, 2.75) is 26.7 Å². The Bertz CT molecular complexity index is 424. The molecule has 1 aromatic rings. The van der Waals surface area contributed by atoms with E-state index >= 15 is 0 Å². The van der Waals surface area contributed by atoms with Gasteiger partial charge in [0.2, 0.25) is 0 Å². The second kappa shape index (κ2) is 5.96. The van der Waals surface area contributed by atoms with Crippen LogP contribution in [0.3, 0.4) is 0 Å². The zero-order chi connectivity index (χ0) is 13.1. The minimum absolute atomic E-state index is 0.364. The van der Waals surface area contributed by atoms with Gasteiger partial charge in [0.15, 0.2) is 0 Å². The highest BCUT2D eigenvalue weighted by molar-refractivity contribution is 8.07. The van der Waals surface area contributed by atoms with Crippen LogP contribution >= 0.6 is 6.72 Å². The fraction of sp³-hybridized carbons (Fsp3) is 0.500. The first-order chi connectivity index (χ1) is 7.91.